The molecule has 13 heavy (non-hydrogen) atoms. The molecule has 1 aliphatic rings. The van der Waals surface area contributed by atoms with Gasteiger partial charge in [0.15, 0.2) is 5.78 Å². The van der Waals surface area contributed by atoms with E-state index in [0.717, 1.165) is 31.9 Å². The molecule has 0 aromatic carbocycles. The number of rotatable bonds is 2. The molecule has 2 unspecified atom stereocenters. The Hall–Kier alpha value is -0.790. The maximum atomic E-state index is 11.7. The van der Waals surface area contributed by atoms with Gasteiger partial charge >= 0.3 is 0 Å². The van der Waals surface area contributed by atoms with Gasteiger partial charge in [-0.15, -0.1) is 0 Å². The summed E-state index contributed by atoms with van der Waals surface area (Å²) in [5.74, 6) is 0.767. The molecule has 1 rings (SSSR count). The van der Waals surface area contributed by atoms with Gasteiger partial charge in [0.25, 0.3) is 0 Å². The average Bonchev–Trinajstić information content (AvgIpc) is 2.17. The van der Waals surface area contributed by atoms with Gasteiger partial charge in [0.1, 0.15) is 0 Å². The molecule has 0 bridgehead atoms. The van der Waals surface area contributed by atoms with Crippen molar-refractivity contribution in [2.75, 3.05) is 0 Å². The Morgan fingerprint density at radius 2 is 2.38 bits per heavy atom. The second-order valence-electron chi connectivity index (χ2n) is 3.90. The van der Waals surface area contributed by atoms with E-state index in [9.17, 15) is 4.79 Å². The van der Waals surface area contributed by atoms with Gasteiger partial charge in [0.05, 0.1) is 6.26 Å². The summed E-state index contributed by atoms with van der Waals surface area (Å²) in [4.78, 5) is 11.7. The number of ketones is 1. The van der Waals surface area contributed by atoms with Gasteiger partial charge < -0.3 is 5.11 Å². The van der Waals surface area contributed by atoms with Crippen LogP contribution >= 0.6 is 0 Å². The first-order chi connectivity index (χ1) is 6.20. The van der Waals surface area contributed by atoms with E-state index in [-0.39, 0.29) is 11.7 Å². The average molecular weight is 182 g/mol. The number of carbonyl (C=O) groups is 1. The molecule has 1 fully saturated rings. The molecule has 1 N–H and O–H groups in total. The van der Waals surface area contributed by atoms with Gasteiger partial charge in [0, 0.05) is 11.5 Å². The monoisotopic (exact) mass is 182 g/mol. The Kier molecular flexibility index (Phi) is 3.52. The minimum absolute atomic E-state index is 0.150. The summed E-state index contributed by atoms with van der Waals surface area (Å²) in [6, 6.07) is 0. The predicted molar refractivity (Wildman–Crippen MR) is 52.5 cm³/mol. The molecule has 0 aliphatic heterocycles. The molecule has 2 atom stereocenters. The molecule has 1 aliphatic carbocycles. The van der Waals surface area contributed by atoms with Gasteiger partial charge in [0.2, 0.25) is 0 Å². The van der Waals surface area contributed by atoms with E-state index in [1.165, 1.54) is 0 Å². The lowest BCUT2D eigenvalue weighted by Crippen LogP contribution is -2.27. The minimum Gasteiger partial charge on any atom is -0.515 e. The summed E-state index contributed by atoms with van der Waals surface area (Å²) in [5, 5.41) is 8.85. The highest BCUT2D eigenvalue weighted by Crippen LogP contribution is 2.31. The van der Waals surface area contributed by atoms with Crippen molar-refractivity contribution in [3.63, 3.8) is 0 Å². The Balaban J connectivity index is 2.71. The normalized spacial score (nSPS) is 29.2. The van der Waals surface area contributed by atoms with Crippen molar-refractivity contribution in [3.8, 4) is 0 Å². The van der Waals surface area contributed by atoms with Crippen molar-refractivity contribution >= 4 is 5.78 Å². The highest BCUT2D eigenvalue weighted by atomic mass is 16.2. The van der Waals surface area contributed by atoms with Crippen LogP contribution in [0.15, 0.2) is 11.8 Å². The lowest BCUT2D eigenvalue weighted by Gasteiger charge is -2.26. The SMILES string of the molecule is CCC(C)C1CCC/C(=C\O)C1=O. The third-order valence-corrected chi connectivity index (χ3v) is 3.10. The molecule has 0 aromatic rings. The molecule has 0 amide bonds. The molecule has 0 saturated heterocycles. The number of carbonyl (C=O) groups excluding carboxylic acids is 1. The largest absolute Gasteiger partial charge is 0.515 e. The number of aliphatic hydroxyl groups is 1. The summed E-state index contributed by atoms with van der Waals surface area (Å²) in [6.07, 6.45) is 4.81. The molecule has 0 radical (unpaired) electrons. The third-order valence-electron chi connectivity index (χ3n) is 3.10. The Labute approximate surface area is 79.6 Å². The molecule has 0 heterocycles. The van der Waals surface area contributed by atoms with Crippen molar-refractivity contribution in [2.45, 2.75) is 39.5 Å². The van der Waals surface area contributed by atoms with E-state index >= 15 is 0 Å². The highest BCUT2D eigenvalue weighted by Gasteiger charge is 2.29. The number of hydrogen-bond donors (Lipinski definition) is 1. The van der Waals surface area contributed by atoms with Crippen molar-refractivity contribution in [3.05, 3.63) is 11.8 Å². The van der Waals surface area contributed by atoms with Crippen LogP contribution in [0.2, 0.25) is 0 Å². The van der Waals surface area contributed by atoms with E-state index in [1.807, 2.05) is 0 Å². The third kappa shape index (κ3) is 2.11. The Bertz CT molecular complexity index is 218. The lowest BCUT2D eigenvalue weighted by atomic mass is 9.77. The smallest absolute Gasteiger partial charge is 0.165 e. The topological polar surface area (TPSA) is 37.3 Å². The molecule has 2 nitrogen and oxygen atoms in total. The Morgan fingerprint density at radius 1 is 1.69 bits per heavy atom. The zero-order valence-corrected chi connectivity index (χ0v) is 8.42. The van der Waals surface area contributed by atoms with Crippen LogP contribution in [0.1, 0.15) is 39.5 Å². The maximum Gasteiger partial charge on any atom is 0.165 e. The second kappa shape index (κ2) is 4.45. The van der Waals surface area contributed by atoms with Gasteiger partial charge in [-0.05, 0) is 25.2 Å². The first-order valence-electron chi connectivity index (χ1n) is 5.08. The number of aliphatic hydroxyl groups excluding tert-OH is 1. The summed E-state index contributed by atoms with van der Waals surface area (Å²) < 4.78 is 0. The van der Waals surface area contributed by atoms with E-state index < -0.39 is 0 Å². The summed E-state index contributed by atoms with van der Waals surface area (Å²) in [6.45, 7) is 4.22. The molecular formula is C11H18O2. The van der Waals surface area contributed by atoms with E-state index in [4.69, 9.17) is 5.11 Å². The fourth-order valence-electron chi connectivity index (χ4n) is 1.96. The number of allylic oxidation sites excluding steroid dienone is 1. The summed E-state index contributed by atoms with van der Waals surface area (Å²) >= 11 is 0. The van der Waals surface area contributed by atoms with Crippen LogP contribution in [0.25, 0.3) is 0 Å². The second-order valence-corrected chi connectivity index (χ2v) is 3.90. The first-order valence-corrected chi connectivity index (χ1v) is 5.08. The molecular weight excluding hydrogens is 164 g/mol. The standard InChI is InChI=1S/C11H18O2/c1-3-8(2)10-6-4-5-9(7-12)11(10)13/h7-8,10,12H,3-6H2,1-2H3/b9-7+. The zero-order valence-electron chi connectivity index (χ0n) is 8.42. The maximum absolute atomic E-state index is 11.7. The number of hydrogen-bond acceptors (Lipinski definition) is 2. The fourth-order valence-corrected chi connectivity index (χ4v) is 1.96. The van der Waals surface area contributed by atoms with Crippen LogP contribution in [-0.2, 0) is 4.79 Å². The highest BCUT2D eigenvalue weighted by molar-refractivity contribution is 5.97. The van der Waals surface area contributed by atoms with Crippen LogP contribution < -0.4 is 0 Å². The van der Waals surface area contributed by atoms with Crippen LogP contribution in [0.4, 0.5) is 0 Å². The van der Waals surface area contributed by atoms with E-state index in [1.54, 1.807) is 0 Å². The quantitative estimate of drug-likeness (QED) is 0.526. The molecule has 1 saturated carbocycles. The fraction of sp³-hybridized carbons (Fsp3) is 0.727. The lowest BCUT2D eigenvalue weighted by molar-refractivity contribution is -0.122. The predicted octanol–water partition coefficient (Wildman–Crippen LogP) is 2.84. The van der Waals surface area contributed by atoms with Crippen molar-refractivity contribution in [2.24, 2.45) is 11.8 Å². The van der Waals surface area contributed by atoms with Crippen molar-refractivity contribution in [1.29, 1.82) is 0 Å². The molecule has 0 aromatic heterocycles. The van der Waals surface area contributed by atoms with Crippen LogP contribution in [0.5, 0.6) is 0 Å². The van der Waals surface area contributed by atoms with Crippen LogP contribution in [0, 0.1) is 11.8 Å². The van der Waals surface area contributed by atoms with E-state index in [0.29, 0.717) is 11.5 Å². The number of Topliss-reactive ketones (excluding diaryl/α,β-unsaturated/α-hetero) is 1. The molecule has 74 valence electrons. The van der Waals surface area contributed by atoms with Crippen molar-refractivity contribution < 1.29 is 9.90 Å². The zero-order chi connectivity index (χ0) is 9.84. The summed E-state index contributed by atoms with van der Waals surface area (Å²) in [5.41, 5.74) is 0.622. The molecule has 0 spiro atoms. The van der Waals surface area contributed by atoms with Gasteiger partial charge in [-0.3, -0.25) is 4.79 Å². The van der Waals surface area contributed by atoms with E-state index in [2.05, 4.69) is 13.8 Å². The van der Waals surface area contributed by atoms with Crippen LogP contribution in [-0.4, -0.2) is 10.9 Å². The molecule has 2 heteroatoms. The Morgan fingerprint density at radius 3 is 2.92 bits per heavy atom. The van der Waals surface area contributed by atoms with Gasteiger partial charge in [-0.25, -0.2) is 0 Å². The van der Waals surface area contributed by atoms with Gasteiger partial charge in [-0.2, -0.15) is 0 Å². The van der Waals surface area contributed by atoms with Crippen LogP contribution in [0.3, 0.4) is 0 Å². The van der Waals surface area contributed by atoms with Gasteiger partial charge in [-0.1, -0.05) is 20.3 Å². The summed E-state index contributed by atoms with van der Waals surface area (Å²) in [7, 11) is 0. The first kappa shape index (κ1) is 10.3. The van der Waals surface area contributed by atoms with Crippen molar-refractivity contribution in [1.82, 2.24) is 0 Å². The minimum atomic E-state index is 0.150.